The molecule has 0 amide bonds. The van der Waals surface area contributed by atoms with Gasteiger partial charge in [0.15, 0.2) is 0 Å². The maximum absolute atomic E-state index is 14.7. The maximum Gasteiger partial charge on any atom is 0.303 e. The van der Waals surface area contributed by atoms with Gasteiger partial charge >= 0.3 is 5.97 Å². The fourth-order valence-electron chi connectivity index (χ4n) is 5.50. The number of alkyl halides is 2. The number of fused-ring (bicyclic) bond motifs is 3. The lowest BCUT2D eigenvalue weighted by Crippen LogP contribution is -2.56. The molecule has 3 saturated heterocycles. The van der Waals surface area contributed by atoms with E-state index in [9.17, 15) is 13.6 Å². The van der Waals surface area contributed by atoms with E-state index in [0.29, 0.717) is 55.1 Å². The summed E-state index contributed by atoms with van der Waals surface area (Å²) in [6.45, 7) is 4.28. The molecule has 2 aliphatic carbocycles. The number of aliphatic carboxylic acids is 1. The zero-order chi connectivity index (χ0) is 19.6. The minimum absolute atomic E-state index is 0.0841. The molecule has 5 aliphatic rings. The minimum Gasteiger partial charge on any atom is -0.481 e. The quantitative estimate of drug-likeness (QED) is 0.849. The first kappa shape index (κ1) is 18.1. The highest BCUT2D eigenvalue weighted by Crippen LogP contribution is 2.50. The van der Waals surface area contributed by atoms with Gasteiger partial charge < -0.3 is 14.9 Å². The summed E-state index contributed by atoms with van der Waals surface area (Å²) in [6.07, 6.45) is 3.14. The largest absolute Gasteiger partial charge is 0.481 e. The van der Waals surface area contributed by atoms with Gasteiger partial charge in [0.1, 0.15) is 11.5 Å². The van der Waals surface area contributed by atoms with Crippen LogP contribution < -0.4 is 9.80 Å². The topological polar surface area (TPSA) is 69.6 Å². The van der Waals surface area contributed by atoms with Gasteiger partial charge in [-0.15, -0.1) is 0 Å². The monoisotopic (exact) mass is 392 g/mol. The van der Waals surface area contributed by atoms with Gasteiger partial charge in [0, 0.05) is 44.1 Å². The van der Waals surface area contributed by atoms with Gasteiger partial charge in [-0.1, -0.05) is 0 Å². The van der Waals surface area contributed by atoms with Crippen molar-refractivity contribution in [3.63, 3.8) is 0 Å². The van der Waals surface area contributed by atoms with Crippen LogP contribution in [0.4, 0.5) is 20.5 Å². The Bertz CT molecular complexity index is 806. The first-order valence-electron chi connectivity index (χ1n) is 10.4. The van der Waals surface area contributed by atoms with Crippen LogP contribution in [0, 0.1) is 17.8 Å². The molecule has 6 nitrogen and oxygen atoms in total. The van der Waals surface area contributed by atoms with E-state index >= 15 is 0 Å². The summed E-state index contributed by atoms with van der Waals surface area (Å²) in [4.78, 5) is 24.4. The van der Waals surface area contributed by atoms with E-state index in [1.807, 2.05) is 4.90 Å². The lowest BCUT2D eigenvalue weighted by molar-refractivity contribution is -0.141. The molecule has 1 saturated carbocycles. The number of nitrogens with zero attached hydrogens (tertiary/aromatic N) is 4. The van der Waals surface area contributed by atoms with Crippen LogP contribution in [-0.2, 0) is 17.1 Å². The van der Waals surface area contributed by atoms with E-state index in [2.05, 4.69) is 16.8 Å². The van der Waals surface area contributed by atoms with E-state index in [-0.39, 0.29) is 30.5 Å². The average molecular weight is 392 g/mol. The molecule has 1 aromatic heterocycles. The molecule has 4 fully saturated rings. The van der Waals surface area contributed by atoms with E-state index in [1.54, 1.807) is 0 Å². The maximum atomic E-state index is 14.7. The summed E-state index contributed by atoms with van der Waals surface area (Å²) in [5.41, 5.74) is 0.517. The zero-order valence-electron chi connectivity index (χ0n) is 16.1. The molecule has 6 rings (SSSR count). The van der Waals surface area contributed by atoms with Crippen LogP contribution in [0.25, 0.3) is 0 Å². The van der Waals surface area contributed by atoms with Crippen molar-refractivity contribution in [1.29, 1.82) is 0 Å². The molecule has 0 radical (unpaired) electrons. The molecular formula is C20H26F2N4O2. The van der Waals surface area contributed by atoms with Gasteiger partial charge in [0.25, 0.3) is 5.92 Å². The summed E-state index contributed by atoms with van der Waals surface area (Å²) in [6, 6.07) is 0.276. The highest BCUT2D eigenvalue weighted by atomic mass is 19.3. The molecule has 0 aromatic carbocycles. The molecule has 28 heavy (non-hydrogen) atoms. The fraction of sp³-hybridized carbons (Fsp3) is 0.750. The standard InChI is InChI=1S/C20H26F2N4O2/c1-11-4-6-26(11)19-23-17-14(3-2-5-20(17,21)22)18(24-19)25-9-12-7-13(10-25)15(12)8-16(27)28/h11-13,15H,2-10H2,1H3,(H,27,28)/t11-,12-,13+,15?/m0/s1. The number of aromatic nitrogens is 2. The van der Waals surface area contributed by atoms with Gasteiger partial charge in [0.2, 0.25) is 5.95 Å². The van der Waals surface area contributed by atoms with E-state index in [4.69, 9.17) is 10.1 Å². The molecule has 0 spiro atoms. The van der Waals surface area contributed by atoms with Crippen molar-refractivity contribution in [2.75, 3.05) is 29.4 Å². The molecule has 1 aromatic rings. The summed E-state index contributed by atoms with van der Waals surface area (Å²) < 4.78 is 29.4. The number of halogens is 2. The molecule has 1 N–H and O–H groups in total. The number of hydrogen-bond donors (Lipinski definition) is 1. The SMILES string of the molecule is C[C@H]1CCN1c1nc(N2C[C@H]3C[C@@H](C2)C3CC(=O)O)c2c(n1)C(F)(F)CCC2. The van der Waals surface area contributed by atoms with Crippen LogP contribution in [0.3, 0.4) is 0 Å². The number of rotatable bonds is 4. The second-order valence-electron chi connectivity index (χ2n) is 8.99. The molecule has 4 heterocycles. The van der Waals surface area contributed by atoms with Gasteiger partial charge in [0.05, 0.1) is 0 Å². The summed E-state index contributed by atoms with van der Waals surface area (Å²) >= 11 is 0. The van der Waals surface area contributed by atoms with Crippen molar-refractivity contribution in [2.24, 2.45) is 17.8 Å². The molecule has 3 aliphatic heterocycles. The van der Waals surface area contributed by atoms with Crippen molar-refractivity contribution < 1.29 is 18.7 Å². The third kappa shape index (κ3) is 2.75. The van der Waals surface area contributed by atoms with E-state index < -0.39 is 11.9 Å². The molecule has 4 atom stereocenters. The smallest absolute Gasteiger partial charge is 0.303 e. The summed E-state index contributed by atoms with van der Waals surface area (Å²) in [5, 5.41) is 9.14. The average Bonchev–Trinajstić information content (AvgIpc) is 2.64. The van der Waals surface area contributed by atoms with Crippen molar-refractivity contribution in [3.8, 4) is 0 Å². The third-order valence-corrected chi connectivity index (χ3v) is 7.25. The van der Waals surface area contributed by atoms with Crippen molar-refractivity contribution in [2.45, 2.75) is 57.4 Å². The van der Waals surface area contributed by atoms with Gasteiger partial charge in [-0.25, -0.2) is 4.98 Å². The Balaban J connectivity index is 1.49. The highest BCUT2D eigenvalue weighted by Gasteiger charge is 2.49. The number of piperidine rings is 2. The molecule has 8 heteroatoms. The van der Waals surface area contributed by atoms with E-state index in [1.165, 1.54) is 0 Å². The van der Waals surface area contributed by atoms with Crippen LogP contribution in [-0.4, -0.2) is 46.7 Å². The fourth-order valence-corrected chi connectivity index (χ4v) is 5.50. The summed E-state index contributed by atoms with van der Waals surface area (Å²) in [7, 11) is 0. The number of carbonyl (C=O) groups is 1. The van der Waals surface area contributed by atoms with Gasteiger partial charge in [-0.3, -0.25) is 4.79 Å². The normalized spacial score (nSPS) is 33.0. The van der Waals surface area contributed by atoms with Gasteiger partial charge in [-0.05, 0) is 50.4 Å². The lowest BCUT2D eigenvalue weighted by atomic mass is 9.60. The van der Waals surface area contributed by atoms with Crippen LogP contribution in [0.2, 0.25) is 0 Å². The number of carboxylic acid groups (broad SMARTS) is 1. The van der Waals surface area contributed by atoms with Crippen molar-refractivity contribution in [1.82, 2.24) is 9.97 Å². The minimum atomic E-state index is -2.90. The predicted molar refractivity (Wildman–Crippen MR) is 99.8 cm³/mol. The van der Waals surface area contributed by atoms with Crippen LogP contribution in [0.5, 0.6) is 0 Å². The Morgan fingerprint density at radius 2 is 2.04 bits per heavy atom. The Morgan fingerprint density at radius 3 is 2.64 bits per heavy atom. The number of anilines is 2. The van der Waals surface area contributed by atoms with Crippen LogP contribution in [0.1, 0.15) is 50.3 Å². The Labute approximate surface area is 162 Å². The molecule has 2 bridgehead atoms. The second-order valence-corrected chi connectivity index (χ2v) is 8.99. The van der Waals surface area contributed by atoms with Crippen LogP contribution >= 0.6 is 0 Å². The van der Waals surface area contributed by atoms with Crippen LogP contribution in [0.15, 0.2) is 0 Å². The first-order chi connectivity index (χ1) is 13.3. The number of carboxylic acids is 1. The predicted octanol–water partition coefficient (Wildman–Crippen LogP) is 3.05. The summed E-state index contributed by atoms with van der Waals surface area (Å²) in [5.74, 6) is -1.72. The van der Waals surface area contributed by atoms with Gasteiger partial charge in [-0.2, -0.15) is 13.8 Å². The van der Waals surface area contributed by atoms with Crippen molar-refractivity contribution >= 4 is 17.7 Å². The lowest BCUT2D eigenvalue weighted by Gasteiger charge is -2.54. The molecular weight excluding hydrogens is 366 g/mol. The highest BCUT2D eigenvalue weighted by molar-refractivity contribution is 5.67. The Morgan fingerprint density at radius 1 is 1.29 bits per heavy atom. The number of hydrogen-bond acceptors (Lipinski definition) is 5. The van der Waals surface area contributed by atoms with Crippen molar-refractivity contribution in [3.05, 3.63) is 11.3 Å². The Hall–Kier alpha value is -1.99. The third-order valence-electron chi connectivity index (χ3n) is 7.25. The Kier molecular flexibility index (Phi) is 4.04. The molecule has 1 unspecified atom stereocenters. The first-order valence-corrected chi connectivity index (χ1v) is 10.4. The zero-order valence-corrected chi connectivity index (χ0v) is 16.1. The molecule has 152 valence electrons. The second kappa shape index (κ2) is 6.26. The van der Waals surface area contributed by atoms with E-state index in [0.717, 1.165) is 19.4 Å².